The number of ether oxygens (including phenoxy) is 1. The average molecular weight is 340 g/mol. The topological polar surface area (TPSA) is 63.1 Å². The summed E-state index contributed by atoms with van der Waals surface area (Å²) in [6.07, 6.45) is 6.45. The fourth-order valence-corrected chi connectivity index (χ4v) is 2.83. The van der Waals surface area contributed by atoms with E-state index in [1.165, 1.54) is 6.42 Å². The lowest BCUT2D eigenvalue weighted by Gasteiger charge is -2.28. The summed E-state index contributed by atoms with van der Waals surface area (Å²) in [7, 11) is 3.52. The molecule has 1 rings (SSSR count). The van der Waals surface area contributed by atoms with Crippen molar-refractivity contribution in [2.75, 3.05) is 40.4 Å². The molecule has 1 aliphatic rings. The number of likely N-dealkylation sites (N-methyl/N-ethyl adjacent to an activating group) is 1. The van der Waals surface area contributed by atoms with Crippen LogP contribution in [0.5, 0.6) is 0 Å². The van der Waals surface area contributed by atoms with Crippen molar-refractivity contribution in [3.05, 3.63) is 11.8 Å². The fourth-order valence-electron chi connectivity index (χ4n) is 2.83. The van der Waals surface area contributed by atoms with Crippen LogP contribution < -0.4 is 10.2 Å². The van der Waals surface area contributed by atoms with Gasteiger partial charge in [0.15, 0.2) is 13.1 Å². The van der Waals surface area contributed by atoms with E-state index in [9.17, 15) is 9.59 Å². The lowest BCUT2D eigenvalue weighted by molar-refractivity contribution is -0.863. The number of nitrogens with one attached hydrogen (secondary N) is 2. The molecular formula is C18H34N3O3+. The van der Waals surface area contributed by atoms with Gasteiger partial charge < -0.3 is 19.9 Å². The maximum Gasteiger partial charge on any atom is 0.281 e. The standard InChI is InChI=1S/C18H33N3O3/c1-18(2,3)19-16(22)13-20(4)14-17(23)21(11-12-24-5)15-9-7-6-8-10-15/h9H,6-8,10-14H2,1-5H3,(H,19,22)/p+1. The number of methoxy groups -OCH3 is 1. The average Bonchev–Trinajstić information content (AvgIpc) is 2.46. The summed E-state index contributed by atoms with van der Waals surface area (Å²) in [5.41, 5.74) is 0.855. The van der Waals surface area contributed by atoms with Gasteiger partial charge in [-0.25, -0.2) is 0 Å². The summed E-state index contributed by atoms with van der Waals surface area (Å²) in [6, 6.07) is 0. The first-order valence-electron chi connectivity index (χ1n) is 8.83. The maximum absolute atomic E-state index is 12.7. The van der Waals surface area contributed by atoms with Crippen molar-refractivity contribution in [1.82, 2.24) is 10.2 Å². The lowest BCUT2D eigenvalue weighted by Crippen LogP contribution is -3.11. The van der Waals surface area contributed by atoms with E-state index in [0.717, 1.165) is 29.9 Å². The molecule has 0 aromatic carbocycles. The Kier molecular flexibility index (Phi) is 8.42. The molecule has 0 fully saturated rings. The fraction of sp³-hybridized carbons (Fsp3) is 0.778. The van der Waals surface area contributed by atoms with Crippen LogP contribution in [0.3, 0.4) is 0 Å². The minimum atomic E-state index is -0.251. The van der Waals surface area contributed by atoms with Gasteiger partial charge in [0.05, 0.1) is 13.7 Å². The molecule has 0 spiro atoms. The Morgan fingerprint density at radius 1 is 1.29 bits per heavy atom. The zero-order valence-electron chi connectivity index (χ0n) is 15.9. The molecule has 2 N–H and O–H groups in total. The Balaban J connectivity index is 2.59. The maximum atomic E-state index is 12.7. The molecule has 6 nitrogen and oxygen atoms in total. The number of amides is 2. The molecule has 24 heavy (non-hydrogen) atoms. The Hall–Kier alpha value is -1.40. The van der Waals surface area contributed by atoms with Crippen LogP contribution in [0.1, 0.15) is 46.5 Å². The summed E-state index contributed by atoms with van der Waals surface area (Å²) < 4.78 is 5.15. The molecule has 1 aliphatic carbocycles. The van der Waals surface area contributed by atoms with Gasteiger partial charge in [-0.15, -0.1) is 0 Å². The number of carbonyl (C=O) groups excluding carboxylic acids is 2. The van der Waals surface area contributed by atoms with E-state index >= 15 is 0 Å². The van der Waals surface area contributed by atoms with E-state index in [4.69, 9.17) is 4.74 Å². The highest BCUT2D eigenvalue weighted by Crippen LogP contribution is 2.20. The molecule has 0 saturated carbocycles. The Bertz CT molecular complexity index is 455. The molecule has 0 saturated heterocycles. The van der Waals surface area contributed by atoms with Gasteiger partial charge in [0, 0.05) is 24.9 Å². The van der Waals surface area contributed by atoms with Crippen molar-refractivity contribution >= 4 is 11.8 Å². The van der Waals surface area contributed by atoms with Crippen molar-refractivity contribution in [3.8, 4) is 0 Å². The Morgan fingerprint density at radius 2 is 2.00 bits per heavy atom. The van der Waals surface area contributed by atoms with Crippen molar-refractivity contribution in [1.29, 1.82) is 0 Å². The second kappa shape index (κ2) is 9.79. The molecule has 0 radical (unpaired) electrons. The highest BCUT2D eigenvalue weighted by Gasteiger charge is 2.24. The SMILES string of the molecule is COCCN(C(=O)C[NH+](C)CC(=O)NC(C)(C)C)C1=CCCCC1. The van der Waals surface area contributed by atoms with E-state index < -0.39 is 0 Å². The van der Waals surface area contributed by atoms with Gasteiger partial charge in [0.25, 0.3) is 11.8 Å². The van der Waals surface area contributed by atoms with Crippen LogP contribution in [0, 0.1) is 0 Å². The van der Waals surface area contributed by atoms with Crippen LogP contribution >= 0.6 is 0 Å². The van der Waals surface area contributed by atoms with E-state index in [1.54, 1.807) is 7.11 Å². The number of hydrogen-bond donors (Lipinski definition) is 2. The van der Waals surface area contributed by atoms with Crippen LogP contribution in [-0.4, -0.2) is 62.7 Å². The molecule has 138 valence electrons. The zero-order chi connectivity index (χ0) is 18.2. The first-order valence-corrected chi connectivity index (χ1v) is 8.83. The molecule has 0 heterocycles. The summed E-state index contributed by atoms with van der Waals surface area (Å²) >= 11 is 0. The summed E-state index contributed by atoms with van der Waals surface area (Å²) in [6.45, 7) is 7.54. The summed E-state index contributed by atoms with van der Waals surface area (Å²) in [4.78, 5) is 27.4. The van der Waals surface area contributed by atoms with E-state index in [2.05, 4.69) is 11.4 Å². The van der Waals surface area contributed by atoms with Gasteiger partial charge in [0.1, 0.15) is 0 Å². The molecule has 2 amide bonds. The van der Waals surface area contributed by atoms with Crippen LogP contribution in [0.2, 0.25) is 0 Å². The van der Waals surface area contributed by atoms with Crippen molar-refractivity contribution in [2.24, 2.45) is 0 Å². The lowest BCUT2D eigenvalue weighted by atomic mass is 10.0. The minimum Gasteiger partial charge on any atom is -0.383 e. The zero-order valence-corrected chi connectivity index (χ0v) is 15.9. The second-order valence-corrected chi connectivity index (χ2v) is 7.59. The molecule has 1 unspecified atom stereocenters. The first kappa shape index (κ1) is 20.6. The third-order valence-corrected chi connectivity index (χ3v) is 3.86. The van der Waals surface area contributed by atoms with Crippen LogP contribution in [0.15, 0.2) is 11.8 Å². The van der Waals surface area contributed by atoms with Gasteiger partial charge in [0.2, 0.25) is 0 Å². The van der Waals surface area contributed by atoms with Gasteiger partial charge >= 0.3 is 0 Å². The quantitative estimate of drug-likeness (QED) is 0.670. The largest absolute Gasteiger partial charge is 0.383 e. The number of quaternary nitrogens is 1. The number of nitrogens with zero attached hydrogens (tertiary/aromatic N) is 1. The number of rotatable bonds is 8. The predicted molar refractivity (Wildman–Crippen MR) is 94.7 cm³/mol. The van der Waals surface area contributed by atoms with Crippen molar-refractivity contribution in [2.45, 2.75) is 52.0 Å². The van der Waals surface area contributed by atoms with Crippen LogP contribution in [0.25, 0.3) is 0 Å². The van der Waals surface area contributed by atoms with Gasteiger partial charge in [-0.1, -0.05) is 6.08 Å². The molecule has 6 heteroatoms. The molecule has 0 aromatic heterocycles. The Morgan fingerprint density at radius 3 is 2.54 bits per heavy atom. The van der Waals surface area contributed by atoms with Crippen LogP contribution in [-0.2, 0) is 14.3 Å². The first-order chi connectivity index (χ1) is 11.2. The van der Waals surface area contributed by atoms with E-state index in [1.807, 2.05) is 32.7 Å². The van der Waals surface area contributed by atoms with Crippen LogP contribution in [0.4, 0.5) is 0 Å². The highest BCUT2D eigenvalue weighted by atomic mass is 16.5. The number of allylic oxidation sites excluding steroid dienone is 2. The number of hydrogen-bond acceptors (Lipinski definition) is 3. The predicted octanol–water partition coefficient (Wildman–Crippen LogP) is 0.349. The van der Waals surface area contributed by atoms with E-state index in [0.29, 0.717) is 26.2 Å². The second-order valence-electron chi connectivity index (χ2n) is 7.59. The van der Waals surface area contributed by atoms with Crippen molar-refractivity contribution < 1.29 is 19.2 Å². The molecule has 0 aliphatic heterocycles. The molecule has 0 aromatic rings. The molecule has 0 bridgehead atoms. The van der Waals surface area contributed by atoms with Gasteiger partial charge in [-0.2, -0.15) is 0 Å². The summed E-state index contributed by atoms with van der Waals surface area (Å²) in [5.74, 6) is 0.0226. The highest BCUT2D eigenvalue weighted by molar-refractivity contribution is 5.80. The molecule has 1 atom stereocenters. The van der Waals surface area contributed by atoms with Crippen molar-refractivity contribution in [3.63, 3.8) is 0 Å². The van der Waals surface area contributed by atoms with Gasteiger partial charge in [-0.3, -0.25) is 9.59 Å². The van der Waals surface area contributed by atoms with E-state index in [-0.39, 0.29) is 17.4 Å². The van der Waals surface area contributed by atoms with Gasteiger partial charge in [-0.05, 0) is 46.5 Å². The normalized spacial score (nSPS) is 16.3. The third-order valence-electron chi connectivity index (χ3n) is 3.86. The molecular weight excluding hydrogens is 306 g/mol. The summed E-state index contributed by atoms with van der Waals surface area (Å²) in [5, 5.41) is 2.93. The monoisotopic (exact) mass is 340 g/mol. The number of carbonyl (C=O) groups is 2. The third kappa shape index (κ3) is 7.93. The Labute approximate surface area is 146 Å². The smallest absolute Gasteiger partial charge is 0.281 e. The minimum absolute atomic E-state index is 0.0341.